The van der Waals surface area contributed by atoms with Crippen molar-refractivity contribution in [3.05, 3.63) is 0 Å². The lowest BCUT2D eigenvalue weighted by molar-refractivity contribution is 1.20. The maximum Gasteiger partial charge on any atom is 0.201 e. The van der Waals surface area contributed by atoms with E-state index in [4.69, 9.17) is 11.0 Å². The van der Waals surface area contributed by atoms with Crippen LogP contribution < -0.4 is 11.1 Å². The normalized spacial score (nSPS) is 8.44. The molecule has 0 radical (unpaired) electrons. The molecule has 0 unspecified atom stereocenters. The van der Waals surface area contributed by atoms with Gasteiger partial charge in [0.1, 0.15) is 0 Å². The molecule has 3 N–H and O–H groups in total. The first-order valence-electron chi connectivity index (χ1n) is 2.68. The monoisotopic (exact) mass is 128 g/mol. The van der Waals surface area contributed by atoms with Gasteiger partial charge in [-0.05, 0) is 0 Å². The third-order valence-electron chi connectivity index (χ3n) is 0.425. The summed E-state index contributed by atoms with van der Waals surface area (Å²) in [6.45, 7) is 4.00. The highest BCUT2D eigenvalue weighted by atomic mass is 15.1. The van der Waals surface area contributed by atoms with Gasteiger partial charge >= 0.3 is 0 Å². The Morgan fingerprint density at radius 3 is 2.22 bits per heavy atom. The molecule has 0 heterocycles. The Kier molecular flexibility index (Phi) is 11.8. The largest absolute Gasteiger partial charge is 0.369 e. The second kappa shape index (κ2) is 9.90. The molecule has 0 aromatic rings. The van der Waals surface area contributed by atoms with Crippen molar-refractivity contribution in [1.82, 2.24) is 5.32 Å². The summed E-state index contributed by atoms with van der Waals surface area (Å²) in [4.78, 5) is 3.44. The van der Waals surface area contributed by atoms with E-state index in [1.807, 2.05) is 13.8 Å². The molecular formula is C5H12N4. The Morgan fingerprint density at radius 2 is 2.11 bits per heavy atom. The molecular weight excluding hydrogens is 116 g/mol. The predicted molar refractivity (Wildman–Crippen MR) is 37.6 cm³/mol. The minimum absolute atomic E-state index is 0.141. The fraction of sp³-hybridized carbons (Fsp3) is 0.600. The number of nitrogens with two attached hydrogens (primary N) is 1. The average Bonchev–Trinajstić information content (AvgIpc) is 1.93. The summed E-state index contributed by atoms with van der Waals surface area (Å²) in [5.41, 5.74) is 5.00. The van der Waals surface area contributed by atoms with Gasteiger partial charge in [-0.15, -0.1) is 0 Å². The molecule has 0 fully saturated rings. The smallest absolute Gasteiger partial charge is 0.201 e. The highest BCUT2D eigenvalue weighted by molar-refractivity contribution is 5.78. The van der Waals surface area contributed by atoms with E-state index in [2.05, 4.69) is 10.3 Å². The second-order valence-corrected chi connectivity index (χ2v) is 0.846. The van der Waals surface area contributed by atoms with Crippen molar-refractivity contribution in [2.75, 3.05) is 7.05 Å². The van der Waals surface area contributed by atoms with Crippen LogP contribution in [0.5, 0.6) is 0 Å². The van der Waals surface area contributed by atoms with E-state index >= 15 is 0 Å². The predicted octanol–water partition coefficient (Wildman–Crippen LogP) is 0.0278. The molecule has 0 aliphatic heterocycles. The summed E-state index contributed by atoms with van der Waals surface area (Å²) in [5, 5.41) is 9.97. The van der Waals surface area contributed by atoms with Crippen molar-refractivity contribution in [3.63, 3.8) is 0 Å². The maximum absolute atomic E-state index is 7.85. The van der Waals surface area contributed by atoms with E-state index in [-0.39, 0.29) is 5.96 Å². The van der Waals surface area contributed by atoms with Crippen LogP contribution in [0.3, 0.4) is 0 Å². The molecule has 9 heavy (non-hydrogen) atoms. The van der Waals surface area contributed by atoms with Gasteiger partial charge in [0.05, 0.1) is 0 Å². The number of guanidine groups is 1. The molecule has 0 aliphatic carbocycles. The summed E-state index contributed by atoms with van der Waals surface area (Å²) in [5.74, 6) is 0.141. The van der Waals surface area contributed by atoms with Crippen LogP contribution in [0.2, 0.25) is 0 Å². The van der Waals surface area contributed by atoms with Gasteiger partial charge in [0, 0.05) is 7.05 Å². The molecule has 0 spiro atoms. The van der Waals surface area contributed by atoms with Crippen molar-refractivity contribution in [1.29, 1.82) is 5.26 Å². The number of hydrogen-bond donors (Lipinski definition) is 2. The topological polar surface area (TPSA) is 74.2 Å². The van der Waals surface area contributed by atoms with Crippen molar-refractivity contribution in [3.8, 4) is 6.19 Å². The number of rotatable bonds is 0. The number of nitriles is 1. The van der Waals surface area contributed by atoms with E-state index < -0.39 is 0 Å². The minimum Gasteiger partial charge on any atom is -0.369 e. The molecule has 52 valence electrons. The van der Waals surface area contributed by atoms with E-state index in [0.717, 1.165) is 0 Å². The van der Waals surface area contributed by atoms with Gasteiger partial charge < -0.3 is 5.73 Å². The van der Waals surface area contributed by atoms with Crippen molar-refractivity contribution in [2.24, 2.45) is 10.7 Å². The maximum atomic E-state index is 7.85. The van der Waals surface area contributed by atoms with Gasteiger partial charge in [0.25, 0.3) is 0 Å². The minimum atomic E-state index is 0.141. The summed E-state index contributed by atoms with van der Waals surface area (Å²) >= 11 is 0. The molecule has 0 atom stereocenters. The van der Waals surface area contributed by atoms with Gasteiger partial charge in [-0.3, -0.25) is 10.3 Å². The molecule has 4 heteroatoms. The van der Waals surface area contributed by atoms with E-state index in [9.17, 15) is 0 Å². The zero-order valence-electron chi connectivity index (χ0n) is 5.97. The molecule has 0 saturated heterocycles. The van der Waals surface area contributed by atoms with Gasteiger partial charge in [0.2, 0.25) is 5.96 Å². The molecule has 0 amide bonds. The van der Waals surface area contributed by atoms with Crippen LogP contribution in [0.4, 0.5) is 0 Å². The number of nitrogens with zero attached hydrogens (tertiary/aromatic N) is 2. The Balaban J connectivity index is 0. The number of nitrogens with one attached hydrogen (secondary N) is 1. The van der Waals surface area contributed by atoms with Crippen LogP contribution in [-0.4, -0.2) is 13.0 Å². The molecule has 0 aromatic heterocycles. The lowest BCUT2D eigenvalue weighted by Gasteiger charge is -1.87. The molecule has 0 saturated carbocycles. The Bertz CT molecular complexity index is 111. The van der Waals surface area contributed by atoms with Crippen LogP contribution in [0.1, 0.15) is 13.8 Å². The van der Waals surface area contributed by atoms with E-state index in [1.165, 1.54) is 7.05 Å². The number of aliphatic imine (C=N–C) groups is 1. The summed E-state index contributed by atoms with van der Waals surface area (Å²) in [6, 6.07) is 0. The quantitative estimate of drug-likeness (QED) is 0.209. The first kappa shape index (κ1) is 10.7. The number of hydrogen-bond acceptors (Lipinski definition) is 2. The molecule has 0 bridgehead atoms. The lowest BCUT2D eigenvalue weighted by Crippen LogP contribution is -2.26. The van der Waals surface area contributed by atoms with Crippen LogP contribution >= 0.6 is 0 Å². The Morgan fingerprint density at radius 1 is 1.67 bits per heavy atom. The first-order valence-corrected chi connectivity index (χ1v) is 2.68. The van der Waals surface area contributed by atoms with Gasteiger partial charge in [-0.1, -0.05) is 13.8 Å². The molecule has 4 nitrogen and oxygen atoms in total. The summed E-state index contributed by atoms with van der Waals surface area (Å²) in [7, 11) is 1.50. The average molecular weight is 128 g/mol. The summed E-state index contributed by atoms with van der Waals surface area (Å²) in [6.07, 6.45) is 1.61. The fourth-order valence-corrected chi connectivity index (χ4v) is 0.113. The van der Waals surface area contributed by atoms with Gasteiger partial charge in [0.15, 0.2) is 6.19 Å². The van der Waals surface area contributed by atoms with Gasteiger partial charge in [-0.2, -0.15) is 5.26 Å². The van der Waals surface area contributed by atoms with Crippen LogP contribution in [0.25, 0.3) is 0 Å². The first-order chi connectivity index (χ1) is 4.31. The Hall–Kier alpha value is -1.24. The highest BCUT2D eigenvalue weighted by Gasteiger charge is 1.77. The van der Waals surface area contributed by atoms with Gasteiger partial charge in [-0.25, -0.2) is 0 Å². The van der Waals surface area contributed by atoms with Crippen LogP contribution in [0.15, 0.2) is 4.99 Å². The van der Waals surface area contributed by atoms with Crippen molar-refractivity contribution >= 4 is 5.96 Å². The molecule has 0 aromatic carbocycles. The zero-order chi connectivity index (χ0) is 7.70. The third-order valence-corrected chi connectivity index (χ3v) is 0.425. The van der Waals surface area contributed by atoms with E-state index in [0.29, 0.717) is 0 Å². The highest BCUT2D eigenvalue weighted by Crippen LogP contribution is 1.50. The SMILES string of the molecule is CC.CN=C(N)NC#N. The van der Waals surface area contributed by atoms with Crippen molar-refractivity contribution in [2.45, 2.75) is 13.8 Å². The van der Waals surface area contributed by atoms with E-state index in [1.54, 1.807) is 6.19 Å². The second-order valence-electron chi connectivity index (χ2n) is 0.846. The zero-order valence-corrected chi connectivity index (χ0v) is 5.97. The Labute approximate surface area is 55.4 Å². The van der Waals surface area contributed by atoms with Crippen LogP contribution in [0, 0.1) is 11.5 Å². The van der Waals surface area contributed by atoms with Crippen LogP contribution in [-0.2, 0) is 0 Å². The third kappa shape index (κ3) is 10.8. The molecule has 0 aliphatic rings. The standard InChI is InChI=1S/C3H6N4.C2H6/c1-6-3(5)7-2-4;1-2/h1H3,(H3,5,6,7);1-2H3. The fourth-order valence-electron chi connectivity index (χ4n) is 0.113. The lowest BCUT2D eigenvalue weighted by atomic mass is 11.0. The van der Waals surface area contributed by atoms with Crippen molar-refractivity contribution < 1.29 is 0 Å². The molecule has 0 rings (SSSR count). The summed E-state index contributed by atoms with van der Waals surface area (Å²) < 4.78 is 0.